The van der Waals surface area contributed by atoms with Gasteiger partial charge in [0, 0.05) is 11.8 Å². The zero-order chi connectivity index (χ0) is 19.8. The molecule has 27 heavy (non-hydrogen) atoms. The van der Waals surface area contributed by atoms with Gasteiger partial charge in [-0.25, -0.2) is 4.79 Å². The maximum Gasteiger partial charge on any atom is 0.338 e. The number of nitrogens with one attached hydrogen (secondary N) is 1. The average molecular weight is 371 g/mol. The second kappa shape index (κ2) is 9.62. The third-order valence-corrected chi connectivity index (χ3v) is 4.30. The van der Waals surface area contributed by atoms with Gasteiger partial charge in [0.1, 0.15) is 11.5 Å². The van der Waals surface area contributed by atoms with Crippen LogP contribution in [0.4, 0.5) is 5.69 Å². The highest BCUT2D eigenvalue weighted by molar-refractivity contribution is 5.95. The van der Waals surface area contributed by atoms with Crippen LogP contribution in [0.1, 0.15) is 42.1 Å². The number of benzene rings is 2. The summed E-state index contributed by atoms with van der Waals surface area (Å²) < 4.78 is 15.3. The van der Waals surface area contributed by atoms with Gasteiger partial charge in [-0.15, -0.1) is 0 Å². The fourth-order valence-corrected chi connectivity index (χ4v) is 2.47. The predicted octanol–water partition coefficient (Wildman–Crippen LogP) is 4.01. The lowest BCUT2D eigenvalue weighted by Gasteiger charge is -2.11. The molecule has 0 unspecified atom stereocenters. The smallest absolute Gasteiger partial charge is 0.338 e. The molecule has 0 saturated carbocycles. The van der Waals surface area contributed by atoms with Crippen LogP contribution in [0.5, 0.6) is 11.5 Å². The number of carbonyl (C=O) groups excluding carboxylic acids is 2. The van der Waals surface area contributed by atoms with Crippen molar-refractivity contribution < 1.29 is 23.8 Å². The van der Waals surface area contributed by atoms with Crippen molar-refractivity contribution in [2.75, 3.05) is 26.1 Å². The molecule has 6 heteroatoms. The quantitative estimate of drug-likeness (QED) is 0.710. The molecule has 0 radical (unpaired) electrons. The number of esters is 1. The molecule has 0 aromatic heterocycles. The maximum absolute atomic E-state index is 12.2. The number of hydrogen-bond acceptors (Lipinski definition) is 5. The molecule has 6 nitrogen and oxygen atoms in total. The van der Waals surface area contributed by atoms with E-state index in [-0.39, 0.29) is 12.2 Å². The molecule has 0 fully saturated rings. The molecule has 0 aliphatic rings. The van der Waals surface area contributed by atoms with Crippen molar-refractivity contribution >= 4 is 17.6 Å². The summed E-state index contributed by atoms with van der Waals surface area (Å²) >= 11 is 0. The van der Waals surface area contributed by atoms with E-state index in [1.54, 1.807) is 6.07 Å². The Morgan fingerprint density at radius 2 is 1.59 bits per heavy atom. The fourth-order valence-electron chi connectivity index (χ4n) is 2.47. The van der Waals surface area contributed by atoms with Gasteiger partial charge in [0.15, 0.2) is 6.61 Å². The minimum Gasteiger partial charge on any atom is -0.497 e. The SMILES string of the molecule is CC[C@H](C)c1ccc(NC(=O)COC(=O)c2cc(OC)cc(OC)c2)cc1. The second-order valence-corrected chi connectivity index (χ2v) is 6.16. The van der Waals surface area contributed by atoms with E-state index in [4.69, 9.17) is 14.2 Å². The predicted molar refractivity (Wildman–Crippen MR) is 104 cm³/mol. The van der Waals surface area contributed by atoms with Crippen LogP contribution in [0.3, 0.4) is 0 Å². The van der Waals surface area contributed by atoms with Crippen molar-refractivity contribution in [2.24, 2.45) is 0 Å². The first-order valence-corrected chi connectivity index (χ1v) is 8.76. The van der Waals surface area contributed by atoms with Gasteiger partial charge in [-0.1, -0.05) is 26.0 Å². The van der Waals surface area contributed by atoms with E-state index in [1.807, 2.05) is 24.3 Å². The number of ether oxygens (including phenoxy) is 3. The van der Waals surface area contributed by atoms with E-state index in [1.165, 1.54) is 31.9 Å². The Kier molecular flexibility index (Phi) is 7.23. The minimum absolute atomic E-state index is 0.247. The lowest BCUT2D eigenvalue weighted by molar-refractivity contribution is -0.119. The highest BCUT2D eigenvalue weighted by Gasteiger charge is 2.13. The van der Waals surface area contributed by atoms with Crippen LogP contribution in [-0.2, 0) is 9.53 Å². The third-order valence-electron chi connectivity index (χ3n) is 4.30. The molecule has 0 saturated heterocycles. The van der Waals surface area contributed by atoms with Crippen LogP contribution in [0, 0.1) is 0 Å². The number of amides is 1. The van der Waals surface area contributed by atoms with Gasteiger partial charge in [-0.3, -0.25) is 4.79 Å². The molecular weight excluding hydrogens is 346 g/mol. The molecule has 144 valence electrons. The van der Waals surface area contributed by atoms with E-state index in [0.29, 0.717) is 23.1 Å². The monoisotopic (exact) mass is 371 g/mol. The van der Waals surface area contributed by atoms with Crippen molar-refractivity contribution in [3.8, 4) is 11.5 Å². The standard InChI is InChI=1S/C21H25NO5/c1-5-14(2)15-6-8-17(9-7-15)22-20(23)13-27-21(24)16-10-18(25-3)12-19(11-16)26-4/h6-12,14H,5,13H2,1-4H3,(H,22,23)/t14-/m0/s1. The van der Waals surface area contributed by atoms with Crippen LogP contribution >= 0.6 is 0 Å². The Morgan fingerprint density at radius 3 is 2.11 bits per heavy atom. The van der Waals surface area contributed by atoms with Crippen molar-refractivity contribution in [3.05, 3.63) is 53.6 Å². The van der Waals surface area contributed by atoms with Crippen molar-refractivity contribution in [2.45, 2.75) is 26.2 Å². The maximum atomic E-state index is 12.2. The Labute approximate surface area is 159 Å². The lowest BCUT2D eigenvalue weighted by Crippen LogP contribution is -2.21. The highest BCUT2D eigenvalue weighted by Crippen LogP contribution is 2.23. The molecule has 0 bridgehead atoms. The first kappa shape index (κ1) is 20.3. The molecule has 0 aliphatic heterocycles. The number of methoxy groups -OCH3 is 2. The van der Waals surface area contributed by atoms with Crippen LogP contribution in [0.15, 0.2) is 42.5 Å². The van der Waals surface area contributed by atoms with Crippen molar-refractivity contribution in [1.82, 2.24) is 0 Å². The van der Waals surface area contributed by atoms with Gasteiger partial charge in [0.25, 0.3) is 5.91 Å². The number of rotatable bonds is 8. The summed E-state index contributed by atoms with van der Waals surface area (Å²) in [7, 11) is 2.98. The zero-order valence-electron chi connectivity index (χ0n) is 16.1. The molecule has 2 aromatic carbocycles. The second-order valence-electron chi connectivity index (χ2n) is 6.16. The van der Waals surface area contributed by atoms with Crippen LogP contribution in [0.25, 0.3) is 0 Å². The number of anilines is 1. The summed E-state index contributed by atoms with van der Waals surface area (Å²) in [6, 6.07) is 12.3. The van der Waals surface area contributed by atoms with Gasteiger partial charge in [0.2, 0.25) is 0 Å². The Balaban J connectivity index is 1.92. The van der Waals surface area contributed by atoms with Gasteiger partial charge < -0.3 is 19.5 Å². The average Bonchev–Trinajstić information content (AvgIpc) is 2.71. The van der Waals surface area contributed by atoms with Gasteiger partial charge in [0.05, 0.1) is 19.8 Å². The molecular formula is C21H25NO5. The summed E-state index contributed by atoms with van der Waals surface area (Å²) in [6.07, 6.45) is 1.05. The Bertz CT molecular complexity index is 763. The van der Waals surface area contributed by atoms with E-state index < -0.39 is 11.9 Å². The first-order valence-electron chi connectivity index (χ1n) is 8.76. The Morgan fingerprint density at radius 1 is 1.00 bits per heavy atom. The van der Waals surface area contributed by atoms with E-state index in [2.05, 4.69) is 19.2 Å². The van der Waals surface area contributed by atoms with E-state index >= 15 is 0 Å². The first-order chi connectivity index (χ1) is 13.0. The van der Waals surface area contributed by atoms with Gasteiger partial charge >= 0.3 is 5.97 Å². The summed E-state index contributed by atoms with van der Waals surface area (Å²) in [6.45, 7) is 3.90. The summed E-state index contributed by atoms with van der Waals surface area (Å²) in [5.41, 5.74) is 2.12. The molecule has 0 aliphatic carbocycles. The summed E-state index contributed by atoms with van der Waals surface area (Å²) in [5, 5.41) is 2.71. The number of hydrogen-bond donors (Lipinski definition) is 1. The molecule has 0 spiro atoms. The largest absolute Gasteiger partial charge is 0.497 e. The molecule has 1 amide bonds. The highest BCUT2D eigenvalue weighted by atomic mass is 16.5. The fraction of sp³-hybridized carbons (Fsp3) is 0.333. The third kappa shape index (κ3) is 5.74. The minimum atomic E-state index is -0.630. The zero-order valence-corrected chi connectivity index (χ0v) is 16.1. The van der Waals surface area contributed by atoms with Gasteiger partial charge in [-0.2, -0.15) is 0 Å². The van der Waals surface area contributed by atoms with E-state index in [9.17, 15) is 9.59 Å². The summed E-state index contributed by atoms with van der Waals surface area (Å²) in [5.74, 6) is 0.360. The molecule has 2 aromatic rings. The normalized spacial score (nSPS) is 11.4. The lowest BCUT2D eigenvalue weighted by atomic mass is 9.99. The van der Waals surface area contributed by atoms with E-state index in [0.717, 1.165) is 6.42 Å². The molecule has 1 N–H and O–H groups in total. The van der Waals surface area contributed by atoms with Crippen molar-refractivity contribution in [3.63, 3.8) is 0 Å². The van der Waals surface area contributed by atoms with Crippen LogP contribution < -0.4 is 14.8 Å². The Hall–Kier alpha value is -3.02. The molecule has 1 atom stereocenters. The van der Waals surface area contributed by atoms with Crippen LogP contribution in [0.2, 0.25) is 0 Å². The summed E-state index contributed by atoms with van der Waals surface area (Å²) in [4.78, 5) is 24.2. The topological polar surface area (TPSA) is 73.9 Å². The van der Waals surface area contributed by atoms with Crippen molar-refractivity contribution in [1.29, 1.82) is 0 Å². The van der Waals surface area contributed by atoms with Gasteiger partial charge in [-0.05, 0) is 42.2 Å². The number of carbonyl (C=O) groups is 2. The molecule has 2 rings (SSSR count). The van der Waals surface area contributed by atoms with Crippen LogP contribution in [-0.4, -0.2) is 32.7 Å². The molecule has 0 heterocycles.